The van der Waals surface area contributed by atoms with Gasteiger partial charge in [-0.05, 0) is 49.1 Å². The average molecular weight is 367 g/mol. The van der Waals surface area contributed by atoms with Gasteiger partial charge >= 0.3 is 6.03 Å². The summed E-state index contributed by atoms with van der Waals surface area (Å²) in [5.74, 6) is 0.646. The second-order valence-electron chi connectivity index (χ2n) is 6.70. The van der Waals surface area contributed by atoms with E-state index in [0.29, 0.717) is 25.3 Å². The molecule has 1 aromatic heterocycles. The molecule has 0 bridgehead atoms. The van der Waals surface area contributed by atoms with Gasteiger partial charge in [-0.25, -0.2) is 4.79 Å². The standard InChI is InChI=1S/C21H25N3O3/c1-27-18-8-4-6-16(14-18)10-12-23-21(26)24-13-5-7-17(15-24)20(25)19-9-2-3-11-22-19/h2-4,6,8-9,11,14,17H,5,7,10,12-13,15H2,1H3,(H,23,26). The van der Waals surface area contributed by atoms with Crippen LogP contribution >= 0.6 is 0 Å². The molecule has 1 saturated heterocycles. The Morgan fingerprint density at radius 1 is 1.26 bits per heavy atom. The highest BCUT2D eigenvalue weighted by molar-refractivity contribution is 5.96. The van der Waals surface area contributed by atoms with Gasteiger partial charge in [-0.15, -0.1) is 0 Å². The number of rotatable bonds is 6. The molecule has 0 saturated carbocycles. The maximum Gasteiger partial charge on any atom is 0.317 e. The van der Waals surface area contributed by atoms with Crippen LogP contribution in [-0.2, 0) is 6.42 Å². The van der Waals surface area contributed by atoms with Crippen molar-refractivity contribution in [2.24, 2.45) is 5.92 Å². The molecule has 3 rings (SSSR count). The summed E-state index contributed by atoms with van der Waals surface area (Å²) in [5.41, 5.74) is 1.58. The van der Waals surface area contributed by atoms with Crippen LogP contribution in [0.5, 0.6) is 5.75 Å². The number of pyridine rings is 1. The largest absolute Gasteiger partial charge is 0.497 e. The average Bonchev–Trinajstić information content (AvgIpc) is 2.74. The second-order valence-corrected chi connectivity index (χ2v) is 6.70. The van der Waals surface area contributed by atoms with Crippen LogP contribution in [0.2, 0.25) is 0 Å². The minimum Gasteiger partial charge on any atom is -0.497 e. The highest BCUT2D eigenvalue weighted by Crippen LogP contribution is 2.20. The molecule has 2 aromatic rings. The Hall–Kier alpha value is -2.89. The third-order valence-electron chi connectivity index (χ3n) is 4.82. The van der Waals surface area contributed by atoms with E-state index in [1.54, 1.807) is 30.3 Å². The summed E-state index contributed by atoms with van der Waals surface area (Å²) in [5, 5.41) is 2.96. The summed E-state index contributed by atoms with van der Waals surface area (Å²) in [6.45, 7) is 1.67. The van der Waals surface area contributed by atoms with Crippen LogP contribution in [0.25, 0.3) is 0 Å². The molecule has 1 fully saturated rings. The first-order valence-electron chi connectivity index (χ1n) is 9.28. The van der Waals surface area contributed by atoms with Gasteiger partial charge in [-0.2, -0.15) is 0 Å². The van der Waals surface area contributed by atoms with Crippen LogP contribution in [0.3, 0.4) is 0 Å². The molecule has 1 aliphatic rings. The van der Waals surface area contributed by atoms with Gasteiger partial charge in [0.05, 0.1) is 7.11 Å². The van der Waals surface area contributed by atoms with Gasteiger partial charge in [0.2, 0.25) is 0 Å². The van der Waals surface area contributed by atoms with Gasteiger partial charge in [0.25, 0.3) is 0 Å². The predicted octanol–water partition coefficient (Wildman–Crippen LogP) is 2.94. The zero-order valence-corrected chi connectivity index (χ0v) is 15.6. The van der Waals surface area contributed by atoms with Gasteiger partial charge in [-0.1, -0.05) is 18.2 Å². The number of ether oxygens (including phenoxy) is 1. The number of piperidine rings is 1. The Kier molecular flexibility index (Phi) is 6.41. The zero-order valence-electron chi connectivity index (χ0n) is 15.6. The van der Waals surface area contributed by atoms with E-state index < -0.39 is 0 Å². The Morgan fingerprint density at radius 3 is 2.93 bits per heavy atom. The van der Waals surface area contributed by atoms with Crippen LogP contribution in [0.15, 0.2) is 48.7 Å². The van der Waals surface area contributed by atoms with E-state index in [0.717, 1.165) is 30.6 Å². The second kappa shape index (κ2) is 9.16. The van der Waals surface area contributed by atoms with Crippen LogP contribution in [0.1, 0.15) is 28.9 Å². The third-order valence-corrected chi connectivity index (χ3v) is 4.82. The minimum absolute atomic E-state index is 0.0180. The van der Waals surface area contributed by atoms with E-state index in [-0.39, 0.29) is 17.7 Å². The number of amides is 2. The maximum atomic E-state index is 12.6. The van der Waals surface area contributed by atoms with Crippen molar-refractivity contribution in [2.45, 2.75) is 19.3 Å². The SMILES string of the molecule is COc1cccc(CCNC(=O)N2CCCC(C(=O)c3ccccn3)C2)c1. The molecular formula is C21H25N3O3. The normalized spacial score (nSPS) is 16.6. The van der Waals surface area contributed by atoms with E-state index in [2.05, 4.69) is 10.3 Å². The number of urea groups is 1. The lowest BCUT2D eigenvalue weighted by molar-refractivity contribution is 0.0840. The van der Waals surface area contributed by atoms with Crippen molar-refractivity contribution >= 4 is 11.8 Å². The van der Waals surface area contributed by atoms with E-state index in [1.807, 2.05) is 30.3 Å². The van der Waals surface area contributed by atoms with Crippen molar-refractivity contribution in [2.75, 3.05) is 26.7 Å². The van der Waals surface area contributed by atoms with Crippen molar-refractivity contribution in [3.8, 4) is 5.75 Å². The summed E-state index contributed by atoms with van der Waals surface area (Å²) in [7, 11) is 1.64. The molecule has 0 radical (unpaired) electrons. The molecule has 1 unspecified atom stereocenters. The first-order chi connectivity index (χ1) is 13.2. The predicted molar refractivity (Wildman–Crippen MR) is 103 cm³/mol. The molecule has 0 spiro atoms. The summed E-state index contributed by atoms with van der Waals surface area (Å²) < 4.78 is 5.22. The number of aromatic nitrogens is 1. The molecule has 1 atom stereocenters. The van der Waals surface area contributed by atoms with Crippen molar-refractivity contribution in [1.82, 2.24) is 15.2 Å². The number of nitrogens with zero attached hydrogens (tertiary/aromatic N) is 2. The van der Waals surface area contributed by atoms with E-state index >= 15 is 0 Å². The van der Waals surface area contributed by atoms with E-state index in [1.165, 1.54) is 0 Å². The molecule has 1 N–H and O–H groups in total. The lowest BCUT2D eigenvalue weighted by atomic mass is 9.92. The minimum atomic E-state index is -0.183. The number of ketones is 1. The van der Waals surface area contributed by atoms with Gasteiger partial charge in [0.1, 0.15) is 11.4 Å². The number of nitrogens with one attached hydrogen (secondary N) is 1. The third kappa shape index (κ3) is 5.06. The Balaban J connectivity index is 1.50. The summed E-state index contributed by atoms with van der Waals surface area (Å²) in [4.78, 5) is 31.0. The lowest BCUT2D eigenvalue weighted by Gasteiger charge is -2.32. The lowest BCUT2D eigenvalue weighted by Crippen LogP contribution is -2.47. The van der Waals surface area contributed by atoms with Crippen molar-refractivity contribution in [3.63, 3.8) is 0 Å². The maximum absolute atomic E-state index is 12.6. The number of hydrogen-bond donors (Lipinski definition) is 1. The van der Waals surface area contributed by atoms with Gasteiger partial charge < -0.3 is 15.0 Å². The van der Waals surface area contributed by atoms with Crippen LogP contribution in [-0.4, -0.2) is 48.4 Å². The zero-order chi connectivity index (χ0) is 19.1. The number of Topliss-reactive ketones (excluding diaryl/α,β-unsaturated/α-hetero) is 1. The highest BCUT2D eigenvalue weighted by Gasteiger charge is 2.29. The molecule has 0 aliphatic carbocycles. The number of hydrogen-bond acceptors (Lipinski definition) is 4. The molecule has 1 aromatic carbocycles. The Labute approximate surface area is 159 Å². The molecule has 2 heterocycles. The van der Waals surface area contributed by atoms with Crippen LogP contribution < -0.4 is 10.1 Å². The van der Waals surface area contributed by atoms with Crippen molar-refractivity contribution in [1.29, 1.82) is 0 Å². The summed E-state index contributed by atoms with van der Waals surface area (Å²) in [6, 6.07) is 13.0. The first kappa shape index (κ1) is 18.9. The van der Waals surface area contributed by atoms with Crippen LogP contribution in [0, 0.1) is 5.92 Å². The number of methoxy groups -OCH3 is 1. The van der Waals surface area contributed by atoms with E-state index in [9.17, 15) is 9.59 Å². The number of likely N-dealkylation sites (tertiary alicyclic amines) is 1. The number of benzene rings is 1. The van der Waals surface area contributed by atoms with Crippen molar-refractivity contribution in [3.05, 3.63) is 59.9 Å². The molecule has 6 heteroatoms. The summed E-state index contributed by atoms with van der Waals surface area (Å²) in [6.07, 6.45) is 3.97. The molecule has 142 valence electrons. The molecule has 1 aliphatic heterocycles. The summed E-state index contributed by atoms with van der Waals surface area (Å²) >= 11 is 0. The van der Waals surface area contributed by atoms with Crippen LogP contribution in [0.4, 0.5) is 4.79 Å². The fourth-order valence-corrected chi connectivity index (χ4v) is 3.35. The molecule has 27 heavy (non-hydrogen) atoms. The Bertz CT molecular complexity index is 779. The van der Waals surface area contributed by atoms with E-state index in [4.69, 9.17) is 4.74 Å². The fourth-order valence-electron chi connectivity index (χ4n) is 3.35. The number of carbonyl (C=O) groups excluding carboxylic acids is 2. The topological polar surface area (TPSA) is 71.5 Å². The smallest absolute Gasteiger partial charge is 0.317 e. The van der Waals surface area contributed by atoms with Gasteiger partial charge in [0.15, 0.2) is 5.78 Å². The van der Waals surface area contributed by atoms with Gasteiger partial charge in [0, 0.05) is 31.7 Å². The highest BCUT2D eigenvalue weighted by atomic mass is 16.5. The number of carbonyl (C=O) groups is 2. The first-order valence-corrected chi connectivity index (χ1v) is 9.28. The molecule has 2 amide bonds. The fraction of sp³-hybridized carbons (Fsp3) is 0.381. The van der Waals surface area contributed by atoms with Gasteiger partial charge in [-0.3, -0.25) is 9.78 Å². The quantitative estimate of drug-likeness (QED) is 0.797. The molecule has 6 nitrogen and oxygen atoms in total. The van der Waals surface area contributed by atoms with Crippen molar-refractivity contribution < 1.29 is 14.3 Å². The Morgan fingerprint density at radius 2 is 2.15 bits per heavy atom. The monoisotopic (exact) mass is 367 g/mol. The molecular weight excluding hydrogens is 342 g/mol.